The van der Waals surface area contributed by atoms with Gasteiger partial charge in [0.2, 0.25) is 11.9 Å². The zero-order valence-corrected chi connectivity index (χ0v) is 12.2. The third-order valence-corrected chi connectivity index (χ3v) is 2.81. The van der Waals surface area contributed by atoms with Crippen LogP contribution in [-0.2, 0) is 6.42 Å². The van der Waals surface area contributed by atoms with Gasteiger partial charge in [-0.05, 0) is 31.0 Å². The average molecular weight is 285 g/mol. The largest absolute Gasteiger partial charge is 0.369 e. The summed E-state index contributed by atoms with van der Waals surface area (Å²) in [5.74, 6) is 0.390. The van der Waals surface area contributed by atoms with Gasteiger partial charge < -0.3 is 11.1 Å². The van der Waals surface area contributed by atoms with Gasteiger partial charge in [0.1, 0.15) is 0 Å². The molecule has 6 nitrogen and oxygen atoms in total. The topological polar surface area (TPSA) is 96.2 Å². The van der Waals surface area contributed by atoms with Crippen LogP contribution in [0.1, 0.15) is 24.6 Å². The summed E-state index contributed by atoms with van der Waals surface area (Å²) in [6.45, 7) is 4.02. The van der Waals surface area contributed by atoms with E-state index in [9.17, 15) is 4.79 Å². The quantitative estimate of drug-likeness (QED) is 0.592. The molecule has 1 aromatic carbocycles. The van der Waals surface area contributed by atoms with Gasteiger partial charge in [0.05, 0.1) is 0 Å². The molecule has 6 heteroatoms. The lowest BCUT2D eigenvalue weighted by atomic mass is 10.2. The highest BCUT2D eigenvalue weighted by Crippen LogP contribution is 2.10. The predicted octanol–water partition coefficient (Wildman–Crippen LogP) is 2.09. The van der Waals surface area contributed by atoms with Crippen molar-refractivity contribution in [3.8, 4) is 0 Å². The molecule has 0 radical (unpaired) electrons. The first-order valence-corrected chi connectivity index (χ1v) is 6.85. The van der Waals surface area contributed by atoms with Gasteiger partial charge in [-0.3, -0.25) is 9.78 Å². The molecule has 110 valence electrons. The molecule has 2 aromatic rings. The number of anilines is 1. The van der Waals surface area contributed by atoms with E-state index >= 15 is 0 Å². The second-order valence-electron chi connectivity index (χ2n) is 4.80. The van der Waals surface area contributed by atoms with Crippen LogP contribution in [0.3, 0.4) is 0 Å². The fourth-order valence-electron chi connectivity index (χ4n) is 1.94. The van der Waals surface area contributed by atoms with E-state index in [-0.39, 0.29) is 17.5 Å². The SMILES string of the molecule is CCCc1cc(=O)[nH]c(/N=C(\N)Nc2cccc(C)c2)n1. The molecule has 2 rings (SSSR count). The number of hydrogen-bond acceptors (Lipinski definition) is 3. The van der Waals surface area contributed by atoms with Crippen LogP contribution in [-0.4, -0.2) is 15.9 Å². The van der Waals surface area contributed by atoms with E-state index in [1.54, 1.807) is 0 Å². The number of nitrogens with one attached hydrogen (secondary N) is 2. The normalized spacial score (nSPS) is 11.4. The third kappa shape index (κ3) is 4.45. The Morgan fingerprint density at radius 2 is 2.24 bits per heavy atom. The van der Waals surface area contributed by atoms with Gasteiger partial charge >= 0.3 is 0 Å². The first kappa shape index (κ1) is 14.8. The van der Waals surface area contributed by atoms with Gasteiger partial charge in [-0.2, -0.15) is 4.99 Å². The smallest absolute Gasteiger partial charge is 0.252 e. The molecule has 0 aliphatic heterocycles. The van der Waals surface area contributed by atoms with E-state index in [4.69, 9.17) is 5.73 Å². The van der Waals surface area contributed by atoms with Crippen LogP contribution in [0.25, 0.3) is 0 Å². The number of rotatable bonds is 4. The van der Waals surface area contributed by atoms with Crippen molar-refractivity contribution in [2.45, 2.75) is 26.7 Å². The van der Waals surface area contributed by atoms with E-state index < -0.39 is 0 Å². The van der Waals surface area contributed by atoms with Crippen LogP contribution in [0.4, 0.5) is 11.6 Å². The van der Waals surface area contributed by atoms with E-state index in [0.717, 1.165) is 24.1 Å². The number of aliphatic imine (C=N–C) groups is 1. The molecule has 1 aromatic heterocycles. The summed E-state index contributed by atoms with van der Waals surface area (Å²) in [7, 11) is 0. The Balaban J connectivity index is 2.20. The van der Waals surface area contributed by atoms with Gasteiger partial charge in [0.25, 0.3) is 5.56 Å². The van der Waals surface area contributed by atoms with Crippen molar-refractivity contribution >= 4 is 17.6 Å². The molecule has 0 aliphatic carbocycles. The molecule has 0 bridgehead atoms. The lowest BCUT2D eigenvalue weighted by molar-refractivity contribution is 0.866. The van der Waals surface area contributed by atoms with E-state index in [1.807, 2.05) is 38.1 Å². The molecular weight excluding hydrogens is 266 g/mol. The first-order chi connectivity index (χ1) is 10.1. The summed E-state index contributed by atoms with van der Waals surface area (Å²) in [6.07, 6.45) is 1.65. The maximum absolute atomic E-state index is 11.5. The zero-order valence-electron chi connectivity index (χ0n) is 12.2. The number of aromatic nitrogens is 2. The maximum Gasteiger partial charge on any atom is 0.252 e. The Kier molecular flexibility index (Phi) is 4.71. The number of aromatic amines is 1. The number of nitrogens with zero attached hydrogens (tertiary/aromatic N) is 2. The summed E-state index contributed by atoms with van der Waals surface area (Å²) in [5, 5.41) is 2.97. The molecule has 0 spiro atoms. The van der Waals surface area contributed by atoms with Crippen molar-refractivity contribution in [1.82, 2.24) is 9.97 Å². The number of guanidine groups is 1. The highest BCUT2D eigenvalue weighted by Gasteiger charge is 2.01. The molecule has 0 fully saturated rings. The van der Waals surface area contributed by atoms with Crippen molar-refractivity contribution in [3.05, 3.63) is 51.9 Å². The molecule has 0 saturated carbocycles. The molecular formula is C15H19N5O. The molecule has 0 amide bonds. The molecule has 21 heavy (non-hydrogen) atoms. The average Bonchev–Trinajstić information content (AvgIpc) is 2.37. The van der Waals surface area contributed by atoms with Crippen LogP contribution < -0.4 is 16.6 Å². The number of nitrogens with two attached hydrogens (primary N) is 1. The molecule has 0 aliphatic rings. The molecule has 0 atom stereocenters. The zero-order chi connectivity index (χ0) is 15.2. The van der Waals surface area contributed by atoms with Crippen molar-refractivity contribution < 1.29 is 0 Å². The van der Waals surface area contributed by atoms with E-state index in [0.29, 0.717) is 5.69 Å². The number of hydrogen-bond donors (Lipinski definition) is 3. The number of benzene rings is 1. The van der Waals surface area contributed by atoms with Crippen molar-refractivity contribution in [3.63, 3.8) is 0 Å². The van der Waals surface area contributed by atoms with E-state index in [1.165, 1.54) is 6.07 Å². The standard InChI is InChI=1S/C15H19N5O/c1-3-5-11-9-13(21)19-15(18-11)20-14(16)17-12-7-4-6-10(2)8-12/h4,6-9H,3,5H2,1-2H3,(H4,16,17,18,19,20,21). The molecule has 1 heterocycles. The van der Waals surface area contributed by atoms with Crippen molar-refractivity contribution in [2.24, 2.45) is 10.7 Å². The third-order valence-electron chi connectivity index (χ3n) is 2.81. The minimum absolute atomic E-state index is 0.178. The molecule has 0 saturated heterocycles. The fraction of sp³-hybridized carbons (Fsp3) is 0.267. The Bertz CT molecular complexity index is 705. The highest BCUT2D eigenvalue weighted by atomic mass is 16.1. The Morgan fingerprint density at radius 3 is 2.95 bits per heavy atom. The van der Waals surface area contributed by atoms with Crippen LogP contribution >= 0.6 is 0 Å². The summed E-state index contributed by atoms with van der Waals surface area (Å²) in [6, 6.07) is 9.23. The minimum atomic E-state index is -0.226. The van der Waals surface area contributed by atoms with Crippen LogP contribution in [0.5, 0.6) is 0 Å². The Labute approximate surface area is 123 Å². The van der Waals surface area contributed by atoms with E-state index in [2.05, 4.69) is 20.3 Å². The lowest BCUT2D eigenvalue weighted by Gasteiger charge is -2.06. The van der Waals surface area contributed by atoms with Crippen LogP contribution in [0.2, 0.25) is 0 Å². The monoisotopic (exact) mass is 285 g/mol. The summed E-state index contributed by atoms with van der Waals surface area (Å²) < 4.78 is 0. The van der Waals surface area contributed by atoms with Gasteiger partial charge in [0, 0.05) is 17.4 Å². The molecule has 0 unspecified atom stereocenters. The second kappa shape index (κ2) is 6.69. The lowest BCUT2D eigenvalue weighted by Crippen LogP contribution is -2.22. The maximum atomic E-state index is 11.5. The minimum Gasteiger partial charge on any atom is -0.369 e. The van der Waals surface area contributed by atoms with Crippen LogP contribution in [0.15, 0.2) is 40.1 Å². The van der Waals surface area contributed by atoms with Crippen molar-refractivity contribution in [1.29, 1.82) is 0 Å². The van der Waals surface area contributed by atoms with Crippen LogP contribution in [0, 0.1) is 6.92 Å². The number of aryl methyl sites for hydroxylation is 2. The first-order valence-electron chi connectivity index (χ1n) is 6.85. The van der Waals surface area contributed by atoms with Crippen molar-refractivity contribution in [2.75, 3.05) is 5.32 Å². The fourth-order valence-corrected chi connectivity index (χ4v) is 1.94. The predicted molar refractivity (Wildman–Crippen MR) is 84.9 cm³/mol. The van der Waals surface area contributed by atoms with Gasteiger partial charge in [-0.25, -0.2) is 4.98 Å². The van der Waals surface area contributed by atoms with Gasteiger partial charge in [-0.15, -0.1) is 0 Å². The van der Waals surface area contributed by atoms with Gasteiger partial charge in [-0.1, -0.05) is 25.5 Å². The summed E-state index contributed by atoms with van der Waals surface area (Å²) >= 11 is 0. The second-order valence-corrected chi connectivity index (χ2v) is 4.80. The Hall–Kier alpha value is -2.63. The molecule has 4 N–H and O–H groups in total. The Morgan fingerprint density at radius 1 is 1.43 bits per heavy atom. The summed E-state index contributed by atoms with van der Waals surface area (Å²) in [4.78, 5) is 22.5. The highest BCUT2D eigenvalue weighted by molar-refractivity contribution is 5.93. The summed E-state index contributed by atoms with van der Waals surface area (Å²) in [5.41, 5.74) is 8.28. The van der Waals surface area contributed by atoms with Gasteiger partial charge in [0.15, 0.2) is 0 Å². The number of H-pyrrole nitrogens is 1.